The Morgan fingerprint density at radius 1 is 0.881 bits per heavy atom. The molecule has 230 valence electrons. The van der Waals surface area contributed by atoms with Crippen molar-refractivity contribution in [1.29, 1.82) is 0 Å². The summed E-state index contributed by atoms with van der Waals surface area (Å²) < 4.78 is 121. The third-order valence-electron chi connectivity index (χ3n) is 8.18. The predicted molar refractivity (Wildman–Crippen MR) is 139 cm³/mol. The number of likely N-dealkylation sites (tertiary alicyclic amines) is 1. The summed E-state index contributed by atoms with van der Waals surface area (Å²) in [6.45, 7) is -0.553. The van der Waals surface area contributed by atoms with E-state index >= 15 is 0 Å². The number of alkyl halides is 7. The molecule has 1 aliphatic carbocycles. The summed E-state index contributed by atoms with van der Waals surface area (Å²) in [5.74, 6) is -2.56. The van der Waals surface area contributed by atoms with Crippen LogP contribution in [0, 0.1) is 11.8 Å². The molecule has 1 saturated carbocycles. The van der Waals surface area contributed by atoms with E-state index in [1.54, 1.807) is 6.07 Å². The zero-order valence-electron chi connectivity index (χ0n) is 21.7. The van der Waals surface area contributed by atoms with Gasteiger partial charge in [0.15, 0.2) is 9.84 Å². The van der Waals surface area contributed by atoms with Crippen molar-refractivity contribution in [1.82, 2.24) is 4.90 Å². The monoisotopic (exact) mass is 687 g/mol. The van der Waals surface area contributed by atoms with Crippen LogP contribution < -0.4 is 0 Å². The van der Waals surface area contributed by atoms with E-state index in [1.807, 2.05) is 0 Å². The van der Waals surface area contributed by atoms with E-state index in [0.29, 0.717) is 4.47 Å². The van der Waals surface area contributed by atoms with Crippen molar-refractivity contribution in [2.24, 2.45) is 11.8 Å². The number of amides is 1. The second kappa shape index (κ2) is 11.1. The molecule has 15 heteroatoms. The van der Waals surface area contributed by atoms with E-state index < -0.39 is 68.4 Å². The topological polar surface area (TPSA) is 91.8 Å². The molecule has 2 aromatic rings. The lowest BCUT2D eigenvalue weighted by Crippen LogP contribution is -2.50. The number of hydrogen-bond acceptors (Lipinski definition) is 4. The molecule has 2 aliphatic rings. The first kappa shape index (κ1) is 32.2. The number of rotatable bonds is 6. The van der Waals surface area contributed by atoms with Gasteiger partial charge in [0.1, 0.15) is 4.75 Å². The van der Waals surface area contributed by atoms with Crippen molar-refractivity contribution in [3.8, 4) is 0 Å². The van der Waals surface area contributed by atoms with E-state index in [0.717, 1.165) is 12.1 Å². The normalized spacial score (nSPS) is 24.0. The Bertz CT molecular complexity index is 1440. The summed E-state index contributed by atoms with van der Waals surface area (Å²) in [5.41, 5.74) is -7.66. The summed E-state index contributed by atoms with van der Waals surface area (Å²) in [6, 6.07) is 7.52. The molecule has 1 heterocycles. The number of sulfone groups is 1. The van der Waals surface area contributed by atoms with E-state index in [1.165, 1.54) is 23.1 Å². The van der Waals surface area contributed by atoms with E-state index in [-0.39, 0.29) is 61.2 Å². The predicted octanol–water partition coefficient (Wildman–Crippen LogP) is 6.53. The summed E-state index contributed by atoms with van der Waals surface area (Å²) in [7, 11) is -4.44. The molecule has 0 aromatic heterocycles. The van der Waals surface area contributed by atoms with Crippen LogP contribution in [-0.2, 0) is 29.8 Å². The quantitative estimate of drug-likeness (QED) is 0.349. The highest BCUT2D eigenvalue weighted by Gasteiger charge is 2.73. The lowest BCUT2D eigenvalue weighted by molar-refractivity contribution is -0.348. The molecule has 1 unspecified atom stereocenters. The SMILES string of the molecule is O=C(O)[C@H]1CC[C@H](C(=O)N2CCC(c3ccc(C(F)(C(F)(F)F)C(F)(F)F)cc3)(S(=O)(=O)c3cccc(Br)c3)C2)CC1. The van der Waals surface area contributed by atoms with Gasteiger partial charge in [-0.05, 0) is 55.9 Å². The first-order chi connectivity index (χ1) is 19.3. The van der Waals surface area contributed by atoms with Gasteiger partial charge in [0, 0.05) is 29.0 Å². The van der Waals surface area contributed by atoms with Gasteiger partial charge in [-0.2, -0.15) is 26.3 Å². The third-order valence-corrected chi connectivity index (χ3v) is 11.1. The number of carbonyl (C=O) groups is 2. The largest absolute Gasteiger partial charge is 0.481 e. The molecular weight excluding hydrogens is 663 g/mol. The molecule has 0 spiro atoms. The maximum absolute atomic E-state index is 14.7. The van der Waals surface area contributed by atoms with Crippen molar-refractivity contribution in [3.05, 3.63) is 64.1 Å². The molecule has 6 nitrogen and oxygen atoms in total. The molecule has 1 amide bonds. The lowest BCUT2D eigenvalue weighted by Gasteiger charge is -2.33. The van der Waals surface area contributed by atoms with Gasteiger partial charge in [-0.15, -0.1) is 0 Å². The fraction of sp³-hybridized carbons (Fsp3) is 0.481. The van der Waals surface area contributed by atoms with Gasteiger partial charge in [0.05, 0.1) is 10.8 Å². The molecule has 2 aromatic carbocycles. The number of nitrogens with zero attached hydrogens (tertiary/aromatic N) is 1. The second-order valence-electron chi connectivity index (χ2n) is 10.6. The zero-order valence-corrected chi connectivity index (χ0v) is 24.1. The number of aliphatic carboxylic acids is 1. The van der Waals surface area contributed by atoms with E-state index in [4.69, 9.17) is 0 Å². The van der Waals surface area contributed by atoms with Crippen molar-refractivity contribution in [2.45, 2.75) is 59.8 Å². The summed E-state index contributed by atoms with van der Waals surface area (Å²) in [4.78, 5) is 25.7. The average Bonchev–Trinajstić information content (AvgIpc) is 3.38. The number of benzene rings is 2. The van der Waals surface area contributed by atoms with Gasteiger partial charge < -0.3 is 10.0 Å². The standard InChI is InChI=1S/C27H25BrF7NO5S/c28-20-2-1-3-21(14-20)42(40,41)24(12-13-36(15-24)22(37)16-4-6-17(7-5-16)23(38)39)18-8-10-19(11-9-18)25(29,26(30,31)32)27(33,34)35/h1-3,8-11,14,16-17H,4-7,12-13,15H2,(H,38,39)/t16-,17-,24?. The molecule has 1 atom stereocenters. The lowest BCUT2D eigenvalue weighted by atomic mass is 9.81. The first-order valence-electron chi connectivity index (χ1n) is 12.8. The minimum atomic E-state index is -6.34. The maximum Gasteiger partial charge on any atom is 0.435 e. The van der Waals surface area contributed by atoms with Crippen LogP contribution in [0.5, 0.6) is 0 Å². The van der Waals surface area contributed by atoms with Crippen molar-refractivity contribution in [3.63, 3.8) is 0 Å². The molecule has 2 fully saturated rings. The van der Waals surface area contributed by atoms with E-state index in [2.05, 4.69) is 15.9 Å². The van der Waals surface area contributed by atoms with Gasteiger partial charge in [0.25, 0.3) is 0 Å². The smallest absolute Gasteiger partial charge is 0.435 e. The van der Waals surface area contributed by atoms with Gasteiger partial charge in [0.2, 0.25) is 5.91 Å². The Kier molecular flexibility index (Phi) is 8.53. The van der Waals surface area contributed by atoms with Crippen LogP contribution in [0.4, 0.5) is 30.7 Å². The van der Waals surface area contributed by atoms with Crippen LogP contribution >= 0.6 is 15.9 Å². The molecule has 0 bridgehead atoms. The summed E-state index contributed by atoms with van der Waals surface area (Å²) >= 11 is 3.18. The Labute approximate surface area is 244 Å². The molecule has 1 aliphatic heterocycles. The van der Waals surface area contributed by atoms with Gasteiger partial charge in [-0.3, -0.25) is 9.59 Å². The molecule has 42 heavy (non-hydrogen) atoms. The average molecular weight is 688 g/mol. The van der Waals surface area contributed by atoms with Crippen LogP contribution in [-0.4, -0.2) is 55.7 Å². The van der Waals surface area contributed by atoms with Gasteiger partial charge in [-0.25, -0.2) is 12.8 Å². The Morgan fingerprint density at radius 3 is 1.93 bits per heavy atom. The number of halogens is 8. The first-order valence-corrected chi connectivity index (χ1v) is 15.1. The van der Waals surface area contributed by atoms with E-state index in [9.17, 15) is 53.8 Å². The number of hydrogen-bond donors (Lipinski definition) is 1. The Morgan fingerprint density at radius 2 is 1.43 bits per heavy atom. The molecular formula is C27H25BrF7NO5S. The van der Waals surface area contributed by atoms with Crippen molar-refractivity contribution in [2.75, 3.05) is 13.1 Å². The number of carboxylic acids is 1. The molecule has 0 radical (unpaired) electrons. The van der Waals surface area contributed by atoms with Crippen LogP contribution in [0.1, 0.15) is 43.2 Å². The highest BCUT2D eigenvalue weighted by molar-refractivity contribution is 9.10. The highest BCUT2D eigenvalue weighted by atomic mass is 79.9. The third kappa shape index (κ3) is 5.42. The fourth-order valence-corrected chi connectivity index (χ4v) is 8.45. The minimum absolute atomic E-state index is 0.0924. The number of carboxylic acid groups (broad SMARTS) is 1. The van der Waals surface area contributed by atoms with Gasteiger partial charge in [-0.1, -0.05) is 46.3 Å². The van der Waals surface area contributed by atoms with Crippen LogP contribution in [0.3, 0.4) is 0 Å². The van der Waals surface area contributed by atoms with Crippen LogP contribution in [0.15, 0.2) is 57.9 Å². The molecule has 4 rings (SSSR count). The Balaban J connectivity index is 1.75. The zero-order chi connectivity index (χ0) is 31.3. The number of carbonyl (C=O) groups excluding carboxylic acids is 1. The summed E-state index contributed by atoms with van der Waals surface area (Å²) in [6.07, 6.45) is -11.9. The van der Waals surface area contributed by atoms with Crippen molar-refractivity contribution < 1.29 is 53.8 Å². The van der Waals surface area contributed by atoms with Crippen LogP contribution in [0.25, 0.3) is 0 Å². The molecule has 1 saturated heterocycles. The minimum Gasteiger partial charge on any atom is -0.481 e. The highest BCUT2D eigenvalue weighted by Crippen LogP contribution is 2.54. The summed E-state index contributed by atoms with van der Waals surface area (Å²) in [5, 5.41) is 9.23. The maximum atomic E-state index is 14.7. The molecule has 1 N–H and O–H groups in total. The van der Waals surface area contributed by atoms with Crippen molar-refractivity contribution >= 4 is 37.6 Å². The fourth-order valence-electron chi connectivity index (χ4n) is 5.78. The van der Waals surface area contributed by atoms with Crippen LogP contribution in [0.2, 0.25) is 0 Å². The Hall–Kier alpha value is -2.68. The second-order valence-corrected chi connectivity index (χ2v) is 13.8. The van der Waals surface area contributed by atoms with Gasteiger partial charge >= 0.3 is 24.0 Å².